The SMILES string of the molecule is COc1ccc(Br)cc1C(=O)N1CCCC[C@H]1CNc1ncnc2ccccc12. The van der Waals surface area contributed by atoms with Crippen molar-refractivity contribution >= 4 is 38.6 Å². The van der Waals surface area contributed by atoms with Gasteiger partial charge < -0.3 is 15.0 Å². The first kappa shape index (κ1) is 19.6. The number of amides is 1. The third-order valence-corrected chi connectivity index (χ3v) is 5.82. The molecule has 1 fully saturated rings. The van der Waals surface area contributed by atoms with Crippen LogP contribution in [0.25, 0.3) is 10.9 Å². The van der Waals surface area contributed by atoms with Gasteiger partial charge in [0.15, 0.2) is 0 Å². The van der Waals surface area contributed by atoms with Gasteiger partial charge in [-0.15, -0.1) is 0 Å². The summed E-state index contributed by atoms with van der Waals surface area (Å²) in [5.41, 5.74) is 1.49. The highest BCUT2D eigenvalue weighted by Crippen LogP contribution is 2.28. The molecule has 0 bridgehead atoms. The Hall–Kier alpha value is -2.67. The van der Waals surface area contributed by atoms with Gasteiger partial charge in [-0.25, -0.2) is 9.97 Å². The Balaban J connectivity index is 1.55. The molecular weight excluding hydrogens is 432 g/mol. The largest absolute Gasteiger partial charge is 0.496 e. The molecule has 7 heteroatoms. The number of likely N-dealkylation sites (tertiary alicyclic amines) is 1. The number of carbonyl (C=O) groups is 1. The third-order valence-electron chi connectivity index (χ3n) is 5.33. The number of para-hydroxylation sites is 1. The first-order chi connectivity index (χ1) is 14.2. The molecule has 1 aliphatic heterocycles. The molecule has 2 heterocycles. The summed E-state index contributed by atoms with van der Waals surface area (Å²) < 4.78 is 6.29. The molecule has 6 nitrogen and oxygen atoms in total. The minimum absolute atomic E-state index is 0.00203. The van der Waals surface area contributed by atoms with Gasteiger partial charge in [0.2, 0.25) is 0 Å². The summed E-state index contributed by atoms with van der Waals surface area (Å²) in [4.78, 5) is 24.0. The molecule has 0 spiro atoms. The molecule has 29 heavy (non-hydrogen) atoms. The number of hydrogen-bond acceptors (Lipinski definition) is 5. The maximum absolute atomic E-state index is 13.3. The van der Waals surface area contributed by atoms with Crippen molar-refractivity contribution in [3.8, 4) is 5.75 Å². The van der Waals surface area contributed by atoms with E-state index in [9.17, 15) is 4.79 Å². The van der Waals surface area contributed by atoms with Crippen LogP contribution in [-0.4, -0.2) is 47.0 Å². The van der Waals surface area contributed by atoms with Crippen LogP contribution in [0.15, 0.2) is 53.3 Å². The smallest absolute Gasteiger partial charge is 0.257 e. The minimum Gasteiger partial charge on any atom is -0.496 e. The van der Waals surface area contributed by atoms with Crippen LogP contribution in [0, 0.1) is 0 Å². The Bertz CT molecular complexity index is 1020. The van der Waals surface area contributed by atoms with Crippen LogP contribution in [-0.2, 0) is 0 Å². The second kappa shape index (κ2) is 8.78. The lowest BCUT2D eigenvalue weighted by Crippen LogP contribution is -2.47. The van der Waals surface area contributed by atoms with Crippen molar-refractivity contribution in [1.82, 2.24) is 14.9 Å². The van der Waals surface area contributed by atoms with Crippen molar-refractivity contribution < 1.29 is 9.53 Å². The Kier molecular flexibility index (Phi) is 5.94. The van der Waals surface area contributed by atoms with E-state index in [1.54, 1.807) is 13.4 Å². The topological polar surface area (TPSA) is 67.3 Å². The summed E-state index contributed by atoms with van der Waals surface area (Å²) in [6.07, 6.45) is 4.64. The highest BCUT2D eigenvalue weighted by molar-refractivity contribution is 9.10. The van der Waals surface area contributed by atoms with Crippen molar-refractivity contribution in [2.45, 2.75) is 25.3 Å². The number of ether oxygens (including phenoxy) is 1. The van der Waals surface area contributed by atoms with Crippen molar-refractivity contribution in [3.63, 3.8) is 0 Å². The van der Waals surface area contributed by atoms with Gasteiger partial charge in [0.1, 0.15) is 17.9 Å². The predicted octanol–water partition coefficient (Wildman–Crippen LogP) is 4.51. The molecule has 1 saturated heterocycles. The van der Waals surface area contributed by atoms with E-state index in [-0.39, 0.29) is 11.9 Å². The fraction of sp³-hybridized carbons (Fsp3) is 0.318. The number of fused-ring (bicyclic) bond motifs is 1. The number of hydrogen-bond donors (Lipinski definition) is 1. The molecule has 150 valence electrons. The van der Waals surface area contributed by atoms with Crippen molar-refractivity contribution in [1.29, 1.82) is 0 Å². The lowest BCUT2D eigenvalue weighted by molar-refractivity contribution is 0.0625. The van der Waals surface area contributed by atoms with Crippen LogP contribution in [0.2, 0.25) is 0 Å². The second-order valence-corrected chi connectivity index (χ2v) is 8.03. The molecule has 1 N–H and O–H groups in total. The Morgan fingerprint density at radius 2 is 2.10 bits per heavy atom. The summed E-state index contributed by atoms with van der Waals surface area (Å²) in [5, 5.41) is 4.43. The second-order valence-electron chi connectivity index (χ2n) is 7.11. The number of nitrogens with one attached hydrogen (secondary N) is 1. The van der Waals surface area contributed by atoms with E-state index in [0.717, 1.165) is 47.0 Å². The van der Waals surface area contributed by atoms with Gasteiger partial charge in [-0.1, -0.05) is 28.1 Å². The number of benzene rings is 2. The molecule has 0 saturated carbocycles. The molecule has 0 radical (unpaired) electrons. The summed E-state index contributed by atoms with van der Waals surface area (Å²) in [6, 6.07) is 13.5. The molecule has 0 aliphatic carbocycles. The quantitative estimate of drug-likeness (QED) is 0.614. The fourth-order valence-corrected chi connectivity index (χ4v) is 4.20. The van der Waals surface area contributed by atoms with Gasteiger partial charge >= 0.3 is 0 Å². The van der Waals surface area contributed by atoms with Crippen LogP contribution < -0.4 is 10.1 Å². The molecule has 3 aromatic rings. The Labute approximate surface area is 178 Å². The monoisotopic (exact) mass is 454 g/mol. The van der Waals surface area contributed by atoms with Gasteiger partial charge in [-0.05, 0) is 49.6 Å². The molecular formula is C22H23BrN4O2. The molecule has 1 atom stereocenters. The zero-order chi connectivity index (χ0) is 20.2. The van der Waals surface area contributed by atoms with Crippen LogP contribution in [0.4, 0.5) is 5.82 Å². The van der Waals surface area contributed by atoms with Crippen molar-refractivity contribution in [3.05, 3.63) is 58.8 Å². The predicted molar refractivity (Wildman–Crippen MR) is 117 cm³/mol. The van der Waals surface area contributed by atoms with Crippen molar-refractivity contribution in [2.75, 3.05) is 25.5 Å². The van der Waals surface area contributed by atoms with E-state index in [1.165, 1.54) is 0 Å². The molecule has 1 aromatic heterocycles. The van der Waals surface area contributed by atoms with E-state index in [2.05, 4.69) is 31.2 Å². The molecule has 1 aliphatic rings. The first-order valence-corrected chi connectivity index (χ1v) is 10.5. The van der Waals surface area contributed by atoms with Gasteiger partial charge in [-0.3, -0.25) is 4.79 Å². The fourth-order valence-electron chi connectivity index (χ4n) is 3.84. The number of piperidine rings is 1. The highest BCUT2D eigenvalue weighted by atomic mass is 79.9. The van der Waals surface area contributed by atoms with Gasteiger partial charge in [-0.2, -0.15) is 0 Å². The number of methoxy groups -OCH3 is 1. The summed E-state index contributed by atoms with van der Waals surface area (Å²) in [5.74, 6) is 1.40. The molecule has 2 aromatic carbocycles. The first-order valence-electron chi connectivity index (χ1n) is 9.75. The number of anilines is 1. The standard InChI is InChI=1S/C22H23BrN4O2/c1-29-20-10-9-15(23)12-18(20)22(28)27-11-5-4-6-16(27)13-24-21-17-7-2-3-8-19(17)25-14-26-21/h2-3,7-10,12,14,16H,4-6,11,13H2,1H3,(H,24,25,26)/t16-/m0/s1. The van der Waals surface area contributed by atoms with E-state index in [0.29, 0.717) is 17.9 Å². The minimum atomic E-state index is 0.00203. The summed E-state index contributed by atoms with van der Waals surface area (Å²) in [7, 11) is 1.59. The van der Waals surface area contributed by atoms with Gasteiger partial charge in [0.05, 0.1) is 18.2 Å². The lowest BCUT2D eigenvalue weighted by Gasteiger charge is -2.36. The summed E-state index contributed by atoms with van der Waals surface area (Å²) in [6.45, 7) is 1.38. The van der Waals surface area contributed by atoms with Gasteiger partial charge in [0.25, 0.3) is 5.91 Å². The highest BCUT2D eigenvalue weighted by Gasteiger charge is 2.29. The van der Waals surface area contributed by atoms with Crippen LogP contribution in [0.3, 0.4) is 0 Å². The maximum Gasteiger partial charge on any atom is 0.257 e. The van der Waals surface area contributed by atoms with E-state index in [4.69, 9.17) is 4.74 Å². The molecule has 0 unspecified atom stereocenters. The van der Waals surface area contributed by atoms with Crippen LogP contribution in [0.1, 0.15) is 29.6 Å². The van der Waals surface area contributed by atoms with Crippen LogP contribution in [0.5, 0.6) is 5.75 Å². The Morgan fingerprint density at radius 3 is 2.97 bits per heavy atom. The van der Waals surface area contributed by atoms with E-state index >= 15 is 0 Å². The van der Waals surface area contributed by atoms with E-state index < -0.39 is 0 Å². The average molecular weight is 455 g/mol. The lowest BCUT2D eigenvalue weighted by atomic mass is 10.00. The number of rotatable bonds is 5. The zero-order valence-electron chi connectivity index (χ0n) is 16.3. The van der Waals surface area contributed by atoms with Gasteiger partial charge in [0, 0.05) is 29.0 Å². The zero-order valence-corrected chi connectivity index (χ0v) is 17.9. The Morgan fingerprint density at radius 1 is 1.24 bits per heavy atom. The summed E-state index contributed by atoms with van der Waals surface area (Å²) >= 11 is 3.46. The number of halogens is 1. The van der Waals surface area contributed by atoms with Crippen molar-refractivity contribution in [2.24, 2.45) is 0 Å². The number of carbonyl (C=O) groups excluding carboxylic acids is 1. The van der Waals surface area contributed by atoms with Crippen LogP contribution >= 0.6 is 15.9 Å². The maximum atomic E-state index is 13.3. The number of nitrogens with zero attached hydrogens (tertiary/aromatic N) is 3. The third kappa shape index (κ3) is 4.19. The molecule has 1 amide bonds. The number of aromatic nitrogens is 2. The average Bonchev–Trinajstić information content (AvgIpc) is 2.77. The molecule has 4 rings (SSSR count). The van der Waals surface area contributed by atoms with E-state index in [1.807, 2.05) is 47.4 Å². The normalized spacial score (nSPS) is 16.6.